The quantitative estimate of drug-likeness (QED) is 0.752. The molecule has 0 aliphatic heterocycles. The van der Waals surface area contributed by atoms with E-state index in [4.69, 9.17) is 4.52 Å². The van der Waals surface area contributed by atoms with Gasteiger partial charge in [0.15, 0.2) is 5.82 Å². The normalized spacial score (nSPS) is 10.6. The molecule has 0 amide bonds. The Labute approximate surface area is 135 Å². The maximum atomic E-state index is 5.05. The van der Waals surface area contributed by atoms with Gasteiger partial charge in [0.25, 0.3) is 0 Å². The van der Waals surface area contributed by atoms with Crippen LogP contribution < -0.4 is 10.6 Å². The summed E-state index contributed by atoms with van der Waals surface area (Å²) in [5.41, 5.74) is 4.19. The number of para-hydroxylation sites is 1. The van der Waals surface area contributed by atoms with Gasteiger partial charge in [-0.3, -0.25) is 0 Å². The van der Waals surface area contributed by atoms with Crippen molar-refractivity contribution in [3.05, 3.63) is 52.9 Å². The molecular formula is C17H19N5O. The van der Waals surface area contributed by atoms with Gasteiger partial charge < -0.3 is 15.2 Å². The average Bonchev–Trinajstić information content (AvgIpc) is 2.88. The fraction of sp³-hybridized carbons (Fsp3) is 0.235. The van der Waals surface area contributed by atoms with E-state index < -0.39 is 0 Å². The van der Waals surface area contributed by atoms with Crippen molar-refractivity contribution in [2.75, 3.05) is 10.6 Å². The Morgan fingerprint density at radius 3 is 2.26 bits per heavy atom. The van der Waals surface area contributed by atoms with Gasteiger partial charge >= 0.3 is 0 Å². The van der Waals surface area contributed by atoms with E-state index in [2.05, 4.69) is 51.7 Å². The van der Waals surface area contributed by atoms with Crippen LogP contribution in [0.25, 0.3) is 0 Å². The number of nitrogens with zero attached hydrogens (tertiary/aromatic N) is 3. The predicted octanol–water partition coefficient (Wildman–Crippen LogP) is 4.19. The van der Waals surface area contributed by atoms with E-state index >= 15 is 0 Å². The molecule has 6 heteroatoms. The SMILES string of the molecule is Cc1cc(Nc2cc(C)on2)nc(Nc2c(C)cccc2C)n1. The van der Waals surface area contributed by atoms with Crippen LogP contribution in [0.2, 0.25) is 0 Å². The van der Waals surface area contributed by atoms with Crippen LogP contribution in [-0.2, 0) is 0 Å². The third-order valence-corrected chi connectivity index (χ3v) is 3.46. The Bertz CT molecular complexity index is 821. The Kier molecular flexibility index (Phi) is 3.97. The van der Waals surface area contributed by atoms with Crippen LogP contribution in [0.5, 0.6) is 0 Å². The molecule has 0 aliphatic rings. The van der Waals surface area contributed by atoms with Gasteiger partial charge in [-0.25, -0.2) is 4.98 Å². The molecule has 0 fully saturated rings. The van der Waals surface area contributed by atoms with Gasteiger partial charge in [-0.05, 0) is 38.8 Å². The first-order valence-electron chi connectivity index (χ1n) is 7.40. The molecule has 0 saturated heterocycles. The number of aromatic nitrogens is 3. The Morgan fingerprint density at radius 2 is 1.61 bits per heavy atom. The number of hydrogen-bond acceptors (Lipinski definition) is 6. The minimum atomic E-state index is 0.546. The van der Waals surface area contributed by atoms with Gasteiger partial charge in [0.05, 0.1) is 0 Å². The van der Waals surface area contributed by atoms with Gasteiger partial charge in [-0.1, -0.05) is 23.4 Å². The van der Waals surface area contributed by atoms with Crippen LogP contribution in [0.4, 0.5) is 23.3 Å². The van der Waals surface area contributed by atoms with Crippen molar-refractivity contribution in [3.63, 3.8) is 0 Å². The van der Waals surface area contributed by atoms with Crippen molar-refractivity contribution in [3.8, 4) is 0 Å². The molecule has 0 aliphatic carbocycles. The highest BCUT2D eigenvalue weighted by Gasteiger charge is 2.08. The van der Waals surface area contributed by atoms with Crippen LogP contribution in [-0.4, -0.2) is 15.1 Å². The molecule has 2 heterocycles. The number of benzene rings is 1. The van der Waals surface area contributed by atoms with Crippen LogP contribution in [0.3, 0.4) is 0 Å². The molecular weight excluding hydrogens is 290 g/mol. The number of hydrogen-bond donors (Lipinski definition) is 2. The maximum Gasteiger partial charge on any atom is 0.229 e. The highest BCUT2D eigenvalue weighted by molar-refractivity contribution is 5.64. The van der Waals surface area contributed by atoms with E-state index in [1.54, 1.807) is 0 Å². The summed E-state index contributed by atoms with van der Waals surface area (Å²) in [4.78, 5) is 8.95. The van der Waals surface area contributed by atoms with E-state index in [1.807, 2.05) is 32.0 Å². The second-order valence-corrected chi connectivity index (χ2v) is 5.56. The van der Waals surface area contributed by atoms with Crippen LogP contribution in [0, 0.1) is 27.7 Å². The minimum Gasteiger partial charge on any atom is -0.360 e. The fourth-order valence-corrected chi connectivity index (χ4v) is 2.37. The van der Waals surface area contributed by atoms with Gasteiger partial charge in [0.2, 0.25) is 5.95 Å². The molecule has 0 bridgehead atoms. The Morgan fingerprint density at radius 1 is 0.870 bits per heavy atom. The third-order valence-electron chi connectivity index (χ3n) is 3.46. The van der Waals surface area contributed by atoms with Crippen LogP contribution in [0.1, 0.15) is 22.6 Å². The highest BCUT2D eigenvalue weighted by Crippen LogP contribution is 2.24. The lowest BCUT2D eigenvalue weighted by Gasteiger charge is -2.12. The number of anilines is 4. The molecule has 0 unspecified atom stereocenters. The van der Waals surface area contributed by atoms with Crippen molar-refractivity contribution in [1.29, 1.82) is 0 Å². The summed E-state index contributed by atoms with van der Waals surface area (Å²) in [6.45, 7) is 7.89. The fourth-order valence-electron chi connectivity index (χ4n) is 2.37. The first-order chi connectivity index (χ1) is 11.0. The summed E-state index contributed by atoms with van der Waals surface area (Å²) in [6.07, 6.45) is 0. The molecule has 2 aromatic heterocycles. The third kappa shape index (κ3) is 3.48. The van der Waals surface area contributed by atoms with E-state index in [0.29, 0.717) is 17.6 Å². The molecule has 3 rings (SSSR count). The zero-order valence-electron chi connectivity index (χ0n) is 13.6. The van der Waals surface area contributed by atoms with Crippen molar-refractivity contribution >= 4 is 23.3 Å². The van der Waals surface area contributed by atoms with E-state index in [9.17, 15) is 0 Å². The van der Waals surface area contributed by atoms with Crippen molar-refractivity contribution < 1.29 is 4.52 Å². The number of aryl methyl sites for hydroxylation is 4. The smallest absolute Gasteiger partial charge is 0.229 e. The highest BCUT2D eigenvalue weighted by atomic mass is 16.5. The second-order valence-electron chi connectivity index (χ2n) is 5.56. The van der Waals surface area contributed by atoms with Crippen LogP contribution in [0.15, 0.2) is 34.9 Å². The molecule has 0 saturated carbocycles. The monoisotopic (exact) mass is 309 g/mol. The molecule has 0 spiro atoms. The number of nitrogens with one attached hydrogen (secondary N) is 2. The lowest BCUT2D eigenvalue weighted by molar-refractivity contribution is 0.400. The van der Waals surface area contributed by atoms with Crippen molar-refractivity contribution in [2.24, 2.45) is 0 Å². The standard InChI is InChI=1S/C17H19N5O/c1-10-6-5-7-11(2)16(10)21-17-18-12(3)8-14(20-17)19-15-9-13(4)23-22-15/h5-9H,1-4H3,(H2,18,19,20,21,22). The molecule has 3 aromatic rings. The summed E-state index contributed by atoms with van der Waals surface area (Å²) in [5, 5.41) is 10.3. The van der Waals surface area contributed by atoms with Gasteiger partial charge in [0.1, 0.15) is 11.6 Å². The van der Waals surface area contributed by atoms with Crippen molar-refractivity contribution in [2.45, 2.75) is 27.7 Å². The molecule has 0 radical (unpaired) electrons. The van der Waals surface area contributed by atoms with Gasteiger partial charge in [-0.15, -0.1) is 0 Å². The lowest BCUT2D eigenvalue weighted by atomic mass is 10.1. The second kappa shape index (κ2) is 6.08. The molecule has 1 aromatic carbocycles. The van der Waals surface area contributed by atoms with E-state index in [-0.39, 0.29) is 0 Å². The Balaban J connectivity index is 1.88. The largest absolute Gasteiger partial charge is 0.360 e. The first-order valence-corrected chi connectivity index (χ1v) is 7.40. The maximum absolute atomic E-state index is 5.05. The molecule has 118 valence electrons. The predicted molar refractivity (Wildman–Crippen MR) is 90.5 cm³/mol. The van der Waals surface area contributed by atoms with Crippen molar-refractivity contribution in [1.82, 2.24) is 15.1 Å². The summed E-state index contributed by atoms with van der Waals surface area (Å²) in [5.74, 6) is 2.58. The summed E-state index contributed by atoms with van der Waals surface area (Å²) < 4.78 is 5.05. The van der Waals surface area contributed by atoms with E-state index in [1.165, 1.54) is 0 Å². The lowest BCUT2D eigenvalue weighted by Crippen LogP contribution is -2.04. The topological polar surface area (TPSA) is 75.9 Å². The summed E-state index contributed by atoms with van der Waals surface area (Å²) >= 11 is 0. The van der Waals surface area contributed by atoms with Gasteiger partial charge in [0, 0.05) is 23.5 Å². The molecule has 6 nitrogen and oxygen atoms in total. The minimum absolute atomic E-state index is 0.546. The summed E-state index contributed by atoms with van der Waals surface area (Å²) in [6, 6.07) is 9.83. The summed E-state index contributed by atoms with van der Waals surface area (Å²) in [7, 11) is 0. The molecule has 0 atom stereocenters. The van der Waals surface area contributed by atoms with Gasteiger partial charge in [-0.2, -0.15) is 4.98 Å². The average molecular weight is 309 g/mol. The zero-order valence-corrected chi connectivity index (χ0v) is 13.6. The van der Waals surface area contributed by atoms with Crippen LogP contribution >= 0.6 is 0 Å². The number of rotatable bonds is 4. The van der Waals surface area contributed by atoms with E-state index in [0.717, 1.165) is 28.3 Å². The zero-order chi connectivity index (χ0) is 16.4. The Hall–Kier alpha value is -2.89. The first kappa shape index (κ1) is 15.0. The molecule has 23 heavy (non-hydrogen) atoms. The molecule has 2 N–H and O–H groups in total.